The molecule has 6 N–H and O–H groups in total. The number of hydrogen-bond acceptors (Lipinski definition) is 5. The van der Waals surface area contributed by atoms with Gasteiger partial charge in [0.05, 0.1) is 17.2 Å². The Morgan fingerprint density at radius 3 is 2.54 bits per heavy atom. The van der Waals surface area contributed by atoms with Gasteiger partial charge in [0.25, 0.3) is 0 Å². The number of rotatable bonds is 5. The van der Waals surface area contributed by atoms with Gasteiger partial charge < -0.3 is 21.1 Å². The summed E-state index contributed by atoms with van der Waals surface area (Å²) in [6, 6.07) is 9.68. The van der Waals surface area contributed by atoms with E-state index in [-0.39, 0.29) is 5.82 Å². The number of aliphatic hydroxyl groups is 1. The van der Waals surface area contributed by atoms with Gasteiger partial charge in [0.2, 0.25) is 0 Å². The second kappa shape index (κ2) is 7.85. The van der Waals surface area contributed by atoms with E-state index in [1.54, 1.807) is 13.8 Å². The molecule has 2 aromatic rings. The number of amidine groups is 1. The van der Waals surface area contributed by atoms with Gasteiger partial charge in [-0.15, -0.1) is 0 Å². The molecule has 0 unspecified atom stereocenters. The van der Waals surface area contributed by atoms with E-state index >= 15 is 0 Å². The van der Waals surface area contributed by atoms with Gasteiger partial charge in [-0.2, -0.15) is 0 Å². The number of urea groups is 1. The second-order valence-electron chi connectivity index (χ2n) is 7.44. The number of hydrogen-bond donors (Lipinski definition) is 5. The van der Waals surface area contributed by atoms with Gasteiger partial charge in [-0.25, -0.2) is 9.78 Å². The Hall–Kier alpha value is -3.13. The molecule has 1 aromatic heterocycles. The van der Waals surface area contributed by atoms with Gasteiger partial charge in [-0.3, -0.25) is 10.7 Å². The molecule has 0 saturated carbocycles. The van der Waals surface area contributed by atoms with Crippen LogP contribution in [0.25, 0.3) is 0 Å². The summed E-state index contributed by atoms with van der Waals surface area (Å²) in [7, 11) is 0. The molecule has 0 spiro atoms. The SMILES string of the molecule is CC(C)(O)[C@@H](NC(=O)Nc1cc(N)c(C(=N)N2CCC2)cn1)c1ccccc1. The summed E-state index contributed by atoms with van der Waals surface area (Å²) < 4.78 is 0. The molecular formula is C20H26N6O2. The quantitative estimate of drug-likeness (QED) is 0.401. The van der Waals surface area contributed by atoms with Crippen LogP contribution >= 0.6 is 0 Å². The van der Waals surface area contributed by atoms with Crippen LogP contribution in [-0.4, -0.2) is 45.5 Å². The third kappa shape index (κ3) is 4.40. The van der Waals surface area contributed by atoms with Crippen LogP contribution in [0.4, 0.5) is 16.3 Å². The van der Waals surface area contributed by atoms with Crippen molar-refractivity contribution in [2.24, 2.45) is 0 Å². The van der Waals surface area contributed by atoms with Crippen molar-refractivity contribution in [3.63, 3.8) is 0 Å². The van der Waals surface area contributed by atoms with E-state index in [1.807, 2.05) is 35.2 Å². The molecule has 0 radical (unpaired) electrons. The van der Waals surface area contributed by atoms with Crippen LogP contribution in [0.5, 0.6) is 0 Å². The number of benzene rings is 1. The second-order valence-corrected chi connectivity index (χ2v) is 7.44. The standard InChI is InChI=1S/C20H26N6O2/c1-20(2,28)17(13-7-4-3-5-8-13)25-19(27)24-16-11-15(21)14(12-23-16)18(22)26-9-6-10-26/h3-5,7-8,11-12,17,22,28H,6,9-10H2,1-2H3,(H4,21,23,24,25,27)/t17-/m0/s1. The normalized spacial score (nSPS) is 14.8. The van der Waals surface area contributed by atoms with Crippen molar-refractivity contribution in [2.45, 2.75) is 31.9 Å². The average Bonchev–Trinajstić information content (AvgIpc) is 2.58. The van der Waals surface area contributed by atoms with Crippen LogP contribution in [0.3, 0.4) is 0 Å². The smallest absolute Gasteiger partial charge is 0.320 e. The largest absolute Gasteiger partial charge is 0.398 e. The lowest BCUT2D eigenvalue weighted by atomic mass is 9.92. The van der Waals surface area contributed by atoms with Gasteiger partial charge in [0.1, 0.15) is 11.7 Å². The number of amides is 2. The van der Waals surface area contributed by atoms with Crippen molar-refractivity contribution in [3.05, 3.63) is 53.7 Å². The van der Waals surface area contributed by atoms with E-state index < -0.39 is 17.7 Å². The number of pyridine rings is 1. The first-order chi connectivity index (χ1) is 13.3. The van der Waals surface area contributed by atoms with Crippen molar-refractivity contribution in [3.8, 4) is 0 Å². The Morgan fingerprint density at radius 1 is 1.32 bits per heavy atom. The summed E-state index contributed by atoms with van der Waals surface area (Å²) in [5.41, 5.74) is 6.60. The van der Waals surface area contributed by atoms with Crippen LogP contribution in [0.15, 0.2) is 42.6 Å². The van der Waals surface area contributed by atoms with Crippen molar-refractivity contribution in [1.82, 2.24) is 15.2 Å². The summed E-state index contributed by atoms with van der Waals surface area (Å²) in [5.74, 6) is 0.621. The fraction of sp³-hybridized carbons (Fsp3) is 0.350. The highest BCUT2D eigenvalue weighted by molar-refractivity contribution is 6.01. The molecule has 3 rings (SSSR count). The molecule has 0 bridgehead atoms. The van der Waals surface area contributed by atoms with E-state index in [9.17, 15) is 9.90 Å². The molecule has 1 atom stereocenters. The summed E-state index contributed by atoms with van der Waals surface area (Å²) in [4.78, 5) is 18.6. The summed E-state index contributed by atoms with van der Waals surface area (Å²) in [5, 5.41) is 24.1. The van der Waals surface area contributed by atoms with Gasteiger partial charge in [-0.05, 0) is 25.8 Å². The fourth-order valence-electron chi connectivity index (χ4n) is 3.04. The number of likely N-dealkylation sites (tertiary alicyclic amines) is 1. The lowest BCUT2D eigenvalue weighted by molar-refractivity contribution is 0.0415. The molecule has 1 aromatic carbocycles. The van der Waals surface area contributed by atoms with E-state index in [0.29, 0.717) is 17.1 Å². The average molecular weight is 382 g/mol. The zero-order chi connectivity index (χ0) is 20.3. The summed E-state index contributed by atoms with van der Waals surface area (Å²) >= 11 is 0. The monoisotopic (exact) mass is 382 g/mol. The van der Waals surface area contributed by atoms with E-state index in [0.717, 1.165) is 25.1 Å². The molecule has 1 fully saturated rings. The number of nitrogens with two attached hydrogens (primary N) is 1. The maximum absolute atomic E-state index is 12.5. The predicted octanol–water partition coefficient (Wildman–Crippen LogP) is 2.33. The molecular weight excluding hydrogens is 356 g/mol. The fourth-order valence-corrected chi connectivity index (χ4v) is 3.04. The van der Waals surface area contributed by atoms with Crippen molar-refractivity contribution in [1.29, 1.82) is 5.41 Å². The Kier molecular flexibility index (Phi) is 5.51. The van der Waals surface area contributed by atoms with E-state index in [4.69, 9.17) is 11.1 Å². The Morgan fingerprint density at radius 2 is 2.00 bits per heavy atom. The maximum atomic E-state index is 12.5. The number of aromatic nitrogens is 1. The minimum Gasteiger partial charge on any atom is -0.398 e. The number of carbonyl (C=O) groups is 1. The zero-order valence-electron chi connectivity index (χ0n) is 16.1. The highest BCUT2D eigenvalue weighted by Gasteiger charge is 2.30. The molecule has 2 heterocycles. The van der Waals surface area contributed by atoms with Crippen molar-refractivity contribution in [2.75, 3.05) is 24.1 Å². The minimum atomic E-state index is -1.17. The Labute approximate surface area is 164 Å². The lowest BCUT2D eigenvalue weighted by Gasteiger charge is -2.33. The van der Waals surface area contributed by atoms with Gasteiger partial charge in [0.15, 0.2) is 0 Å². The third-order valence-corrected chi connectivity index (χ3v) is 4.72. The molecule has 0 aliphatic carbocycles. The van der Waals surface area contributed by atoms with E-state index in [1.165, 1.54) is 12.3 Å². The number of anilines is 2. The Balaban J connectivity index is 1.69. The number of nitrogens with one attached hydrogen (secondary N) is 3. The zero-order valence-corrected chi connectivity index (χ0v) is 16.1. The molecule has 28 heavy (non-hydrogen) atoms. The first-order valence-electron chi connectivity index (χ1n) is 9.20. The predicted molar refractivity (Wildman–Crippen MR) is 109 cm³/mol. The molecule has 1 aliphatic rings. The van der Waals surface area contributed by atoms with Crippen LogP contribution in [-0.2, 0) is 0 Å². The third-order valence-electron chi connectivity index (χ3n) is 4.72. The molecule has 1 aliphatic heterocycles. The molecule has 1 saturated heterocycles. The lowest BCUT2D eigenvalue weighted by Crippen LogP contribution is -2.44. The maximum Gasteiger partial charge on any atom is 0.320 e. The summed E-state index contributed by atoms with van der Waals surface area (Å²) in [6.07, 6.45) is 2.57. The van der Waals surface area contributed by atoms with Crippen molar-refractivity contribution >= 4 is 23.4 Å². The van der Waals surface area contributed by atoms with Gasteiger partial charge in [0, 0.05) is 31.0 Å². The molecule has 8 nitrogen and oxygen atoms in total. The Bertz CT molecular complexity index is 859. The molecule has 8 heteroatoms. The first-order valence-corrected chi connectivity index (χ1v) is 9.20. The molecule has 2 amide bonds. The summed E-state index contributed by atoms with van der Waals surface area (Å²) in [6.45, 7) is 4.96. The van der Waals surface area contributed by atoms with Crippen LogP contribution in [0, 0.1) is 5.41 Å². The number of nitrogen functional groups attached to an aromatic ring is 1. The topological polar surface area (TPSA) is 127 Å². The molecule has 148 valence electrons. The van der Waals surface area contributed by atoms with E-state index in [2.05, 4.69) is 15.6 Å². The van der Waals surface area contributed by atoms with Gasteiger partial charge >= 0.3 is 6.03 Å². The number of carbonyl (C=O) groups excluding carboxylic acids is 1. The highest BCUT2D eigenvalue weighted by Crippen LogP contribution is 2.25. The van der Waals surface area contributed by atoms with Crippen LogP contribution in [0.1, 0.15) is 37.4 Å². The van der Waals surface area contributed by atoms with Crippen LogP contribution < -0.4 is 16.4 Å². The first kappa shape index (κ1) is 19.6. The minimum absolute atomic E-state index is 0.276. The van der Waals surface area contributed by atoms with Crippen LogP contribution in [0.2, 0.25) is 0 Å². The number of nitrogens with zero attached hydrogens (tertiary/aromatic N) is 2. The van der Waals surface area contributed by atoms with Crippen molar-refractivity contribution < 1.29 is 9.90 Å². The van der Waals surface area contributed by atoms with Gasteiger partial charge in [-0.1, -0.05) is 30.3 Å². The highest BCUT2D eigenvalue weighted by atomic mass is 16.3.